The van der Waals surface area contributed by atoms with Gasteiger partial charge in [-0.1, -0.05) is 5.11 Å². The molecular formula is C15H21N8O5P. The second-order valence-electron chi connectivity index (χ2n) is 7.06. The Kier molecular flexibility index (Phi) is 5.19. The summed E-state index contributed by atoms with van der Waals surface area (Å²) < 4.78 is 30.4. The number of ether oxygens (including phenoxy) is 2. The lowest BCUT2D eigenvalue weighted by Gasteiger charge is -2.35. The van der Waals surface area contributed by atoms with Crippen molar-refractivity contribution in [3.8, 4) is 5.88 Å². The maximum absolute atomic E-state index is 9.25. The Balaban J connectivity index is 1.76. The van der Waals surface area contributed by atoms with Gasteiger partial charge in [0.15, 0.2) is 17.4 Å². The first-order chi connectivity index (χ1) is 13.9. The zero-order chi connectivity index (χ0) is 20.8. The zero-order valence-electron chi connectivity index (χ0n) is 16.3. The summed E-state index contributed by atoms with van der Waals surface area (Å²) in [5, 5.41) is 4.04. The van der Waals surface area contributed by atoms with Crippen LogP contribution in [-0.2, 0) is 18.3 Å². The third-order valence-corrected chi connectivity index (χ3v) is 6.02. The highest BCUT2D eigenvalue weighted by molar-refractivity contribution is 7.41. The van der Waals surface area contributed by atoms with Crippen molar-refractivity contribution in [2.45, 2.75) is 50.8 Å². The summed E-state index contributed by atoms with van der Waals surface area (Å²) in [5.74, 6) is 0.256. The number of hydrogen-bond donors (Lipinski definition) is 1. The lowest BCUT2D eigenvalue weighted by molar-refractivity contribution is -0.0624. The SMILES string of the molecule is COc1nc(N)nc2c1ncn2[C@@H]1O[C@@H]2COP(OC(C)C)O[C@H]2[C@@]1(C)N=[N+]=[N-]. The van der Waals surface area contributed by atoms with Crippen LogP contribution in [0.5, 0.6) is 5.88 Å². The van der Waals surface area contributed by atoms with Crippen LogP contribution in [0.2, 0.25) is 0 Å². The molecule has 156 valence electrons. The number of nitrogen functional groups attached to an aromatic ring is 1. The number of fused-ring (bicyclic) bond motifs is 2. The van der Waals surface area contributed by atoms with Crippen molar-refractivity contribution >= 4 is 25.7 Å². The average Bonchev–Trinajstić information content (AvgIpc) is 3.20. The highest BCUT2D eigenvalue weighted by Crippen LogP contribution is 2.55. The van der Waals surface area contributed by atoms with Gasteiger partial charge in [-0.05, 0) is 26.3 Å². The van der Waals surface area contributed by atoms with Gasteiger partial charge in [0.2, 0.25) is 11.8 Å². The Labute approximate surface area is 167 Å². The van der Waals surface area contributed by atoms with E-state index in [-0.39, 0.29) is 24.5 Å². The van der Waals surface area contributed by atoms with Crippen LogP contribution in [-0.4, -0.2) is 57.1 Å². The summed E-state index contributed by atoms with van der Waals surface area (Å²) in [7, 11) is -0.125. The summed E-state index contributed by atoms with van der Waals surface area (Å²) in [6.45, 7) is 5.76. The molecular weight excluding hydrogens is 403 g/mol. The molecule has 0 aliphatic carbocycles. The van der Waals surface area contributed by atoms with Gasteiger partial charge in [0, 0.05) is 4.91 Å². The number of methoxy groups -OCH3 is 1. The molecule has 0 spiro atoms. The second-order valence-corrected chi connectivity index (χ2v) is 8.18. The summed E-state index contributed by atoms with van der Waals surface area (Å²) in [5.41, 5.74) is 14.7. The van der Waals surface area contributed by atoms with Gasteiger partial charge in [-0.2, -0.15) is 9.97 Å². The van der Waals surface area contributed by atoms with E-state index in [9.17, 15) is 5.53 Å². The predicted octanol–water partition coefficient (Wildman–Crippen LogP) is 2.45. The smallest absolute Gasteiger partial charge is 0.333 e. The molecule has 2 saturated heterocycles. The van der Waals surface area contributed by atoms with Gasteiger partial charge < -0.3 is 28.8 Å². The molecule has 2 aromatic rings. The van der Waals surface area contributed by atoms with E-state index >= 15 is 0 Å². The Morgan fingerprint density at radius 1 is 1.48 bits per heavy atom. The maximum Gasteiger partial charge on any atom is 0.333 e. The van der Waals surface area contributed by atoms with Gasteiger partial charge in [-0.3, -0.25) is 4.57 Å². The molecule has 2 aliphatic heterocycles. The van der Waals surface area contributed by atoms with E-state index in [1.807, 2.05) is 13.8 Å². The Bertz CT molecular complexity index is 966. The van der Waals surface area contributed by atoms with Crippen molar-refractivity contribution < 1.29 is 23.0 Å². The molecule has 2 N–H and O–H groups in total. The van der Waals surface area contributed by atoms with E-state index in [1.54, 1.807) is 11.5 Å². The molecule has 0 radical (unpaired) electrons. The number of hydrogen-bond acceptors (Lipinski definition) is 10. The van der Waals surface area contributed by atoms with Crippen LogP contribution in [0.25, 0.3) is 21.6 Å². The zero-order valence-corrected chi connectivity index (χ0v) is 17.2. The van der Waals surface area contributed by atoms with Crippen molar-refractivity contribution in [3.05, 3.63) is 16.8 Å². The van der Waals surface area contributed by atoms with Crippen LogP contribution in [0.1, 0.15) is 27.0 Å². The Hall–Kier alpha value is -2.27. The van der Waals surface area contributed by atoms with Crippen molar-refractivity contribution in [2.75, 3.05) is 19.5 Å². The number of rotatable bonds is 5. The third-order valence-electron chi connectivity index (χ3n) is 4.67. The van der Waals surface area contributed by atoms with Crippen LogP contribution < -0.4 is 10.5 Å². The maximum atomic E-state index is 9.25. The van der Waals surface area contributed by atoms with Crippen molar-refractivity contribution in [2.24, 2.45) is 5.11 Å². The molecule has 2 aromatic heterocycles. The summed E-state index contributed by atoms with van der Waals surface area (Å²) in [6, 6.07) is 0. The highest BCUT2D eigenvalue weighted by atomic mass is 31.2. The van der Waals surface area contributed by atoms with Crippen molar-refractivity contribution in [1.82, 2.24) is 19.5 Å². The fraction of sp³-hybridized carbons (Fsp3) is 0.667. The third kappa shape index (κ3) is 3.35. The Morgan fingerprint density at radius 3 is 2.97 bits per heavy atom. The molecule has 2 aliphatic rings. The monoisotopic (exact) mass is 424 g/mol. The number of imidazole rings is 1. The fourth-order valence-electron chi connectivity index (χ4n) is 3.45. The Morgan fingerprint density at radius 2 is 2.28 bits per heavy atom. The first kappa shape index (κ1) is 20.0. The van der Waals surface area contributed by atoms with Crippen molar-refractivity contribution in [1.29, 1.82) is 0 Å². The molecule has 4 rings (SSSR count). The van der Waals surface area contributed by atoms with Gasteiger partial charge in [0.25, 0.3) is 0 Å². The molecule has 4 heterocycles. The lowest BCUT2D eigenvalue weighted by atomic mass is 9.93. The minimum absolute atomic E-state index is 0.0189. The molecule has 2 fully saturated rings. The van der Waals surface area contributed by atoms with E-state index in [2.05, 4.69) is 25.0 Å². The van der Waals surface area contributed by atoms with E-state index in [4.69, 9.17) is 28.8 Å². The molecule has 0 saturated carbocycles. The molecule has 0 bridgehead atoms. The summed E-state index contributed by atoms with van der Waals surface area (Å²) in [6.07, 6.45) is -0.381. The number of anilines is 1. The van der Waals surface area contributed by atoms with E-state index < -0.39 is 32.6 Å². The molecule has 13 nitrogen and oxygen atoms in total. The number of nitrogens with zero attached hydrogens (tertiary/aromatic N) is 7. The average molecular weight is 424 g/mol. The number of azide groups is 1. The highest BCUT2D eigenvalue weighted by Gasteiger charge is 2.58. The largest absolute Gasteiger partial charge is 0.479 e. The van der Waals surface area contributed by atoms with Gasteiger partial charge in [0.1, 0.15) is 17.7 Å². The summed E-state index contributed by atoms with van der Waals surface area (Å²) >= 11 is 0. The van der Waals surface area contributed by atoms with E-state index in [1.165, 1.54) is 13.4 Å². The lowest BCUT2D eigenvalue weighted by Crippen LogP contribution is -2.45. The topological polar surface area (TPSA) is 165 Å². The normalized spacial score (nSPS) is 31.6. The minimum atomic E-state index is -1.59. The second kappa shape index (κ2) is 7.52. The van der Waals surface area contributed by atoms with Gasteiger partial charge in [-0.25, -0.2) is 4.98 Å². The molecule has 0 amide bonds. The summed E-state index contributed by atoms with van der Waals surface area (Å²) in [4.78, 5) is 15.7. The quantitative estimate of drug-likeness (QED) is 0.328. The predicted molar refractivity (Wildman–Crippen MR) is 102 cm³/mol. The van der Waals surface area contributed by atoms with Gasteiger partial charge >= 0.3 is 8.60 Å². The fourth-order valence-corrected chi connectivity index (χ4v) is 4.77. The molecule has 5 atom stereocenters. The molecule has 1 unspecified atom stereocenters. The van der Waals surface area contributed by atoms with Crippen LogP contribution in [0.15, 0.2) is 11.4 Å². The van der Waals surface area contributed by atoms with Crippen LogP contribution in [0.3, 0.4) is 0 Å². The van der Waals surface area contributed by atoms with Gasteiger partial charge in [0.05, 0.1) is 26.1 Å². The van der Waals surface area contributed by atoms with Crippen LogP contribution in [0.4, 0.5) is 5.95 Å². The first-order valence-corrected chi connectivity index (χ1v) is 9.99. The number of aromatic nitrogens is 4. The van der Waals surface area contributed by atoms with Gasteiger partial charge in [-0.15, -0.1) is 0 Å². The minimum Gasteiger partial charge on any atom is -0.479 e. The van der Waals surface area contributed by atoms with E-state index in [0.29, 0.717) is 11.2 Å². The van der Waals surface area contributed by atoms with Crippen LogP contribution in [0, 0.1) is 0 Å². The molecule has 0 aromatic carbocycles. The molecule has 29 heavy (non-hydrogen) atoms. The van der Waals surface area contributed by atoms with Crippen LogP contribution >= 0.6 is 8.60 Å². The molecule has 14 heteroatoms. The van der Waals surface area contributed by atoms with Crippen molar-refractivity contribution in [3.63, 3.8) is 0 Å². The standard InChI is InChI=1S/C15H21N8O5P/c1-7(2)27-29-25-5-8-10(28-29)15(3,21-22-17)13(26-8)23-6-18-9-11(23)19-14(16)20-12(9)24-4/h6-8,10,13H,5H2,1-4H3,(H2,16,19,20)/t8-,10-,13-,15-,29?/m1/s1. The number of nitrogens with two attached hydrogens (primary N) is 1. The first-order valence-electron chi connectivity index (χ1n) is 8.89. The van der Waals surface area contributed by atoms with E-state index in [0.717, 1.165) is 0 Å².